The van der Waals surface area contributed by atoms with Gasteiger partial charge in [-0.3, -0.25) is 19.8 Å². The molecule has 0 aliphatic carbocycles. The Kier molecular flexibility index (Phi) is 6.19. The van der Waals surface area contributed by atoms with Crippen LogP contribution in [0.5, 0.6) is 0 Å². The highest BCUT2D eigenvalue weighted by Gasteiger charge is 2.33. The van der Waals surface area contributed by atoms with Crippen LogP contribution in [0.2, 0.25) is 0 Å². The van der Waals surface area contributed by atoms with Gasteiger partial charge in [-0.25, -0.2) is 4.79 Å². The lowest BCUT2D eigenvalue weighted by Crippen LogP contribution is -2.48. The number of rotatable bonds is 3. The van der Waals surface area contributed by atoms with E-state index in [1.165, 1.54) is 5.57 Å². The summed E-state index contributed by atoms with van der Waals surface area (Å²) in [5.74, 6) is -0.503. The number of hydrogen-bond acceptors (Lipinski definition) is 5. The second-order valence-electron chi connectivity index (χ2n) is 9.10. The van der Waals surface area contributed by atoms with Gasteiger partial charge in [0, 0.05) is 18.2 Å². The predicted octanol–water partition coefficient (Wildman–Crippen LogP) is 3.70. The first-order valence-corrected chi connectivity index (χ1v) is 10.5. The van der Waals surface area contributed by atoms with Crippen LogP contribution in [0.25, 0.3) is 5.57 Å². The molecule has 3 amide bonds. The van der Waals surface area contributed by atoms with Crippen LogP contribution in [-0.4, -0.2) is 46.5 Å². The third kappa shape index (κ3) is 5.20. The minimum absolute atomic E-state index is 0.0242. The zero-order valence-corrected chi connectivity index (χ0v) is 18.3. The number of carbonyl (C=O) groups excluding carboxylic acids is 3. The largest absolute Gasteiger partial charge is 0.444 e. The van der Waals surface area contributed by atoms with Gasteiger partial charge in [0.1, 0.15) is 11.6 Å². The number of hydrogen-bond donors (Lipinski definition) is 2. The van der Waals surface area contributed by atoms with Crippen LogP contribution < -0.4 is 10.6 Å². The van der Waals surface area contributed by atoms with Crippen molar-refractivity contribution in [3.05, 3.63) is 35.9 Å². The van der Waals surface area contributed by atoms with Gasteiger partial charge in [-0.15, -0.1) is 0 Å². The van der Waals surface area contributed by atoms with Crippen LogP contribution in [0, 0.1) is 0 Å². The number of imide groups is 1. The van der Waals surface area contributed by atoms with E-state index in [0.29, 0.717) is 12.8 Å². The van der Waals surface area contributed by atoms with Crippen molar-refractivity contribution < 1.29 is 19.1 Å². The lowest BCUT2D eigenvalue weighted by molar-refractivity contribution is -0.133. The Morgan fingerprint density at radius 3 is 2.40 bits per heavy atom. The van der Waals surface area contributed by atoms with Crippen molar-refractivity contribution in [2.45, 2.75) is 77.6 Å². The maximum atomic E-state index is 12.6. The summed E-state index contributed by atoms with van der Waals surface area (Å²) in [6.07, 6.45) is 3.39. The molecule has 1 aromatic rings. The van der Waals surface area contributed by atoms with Gasteiger partial charge in [0.2, 0.25) is 11.8 Å². The SMILES string of the molecule is C[C@@H]1C=C(c2ccc(NC3CCC(=O)NC3=O)cc2)C[C@H](C)N1C(=O)OC(C)(C)C. The van der Waals surface area contributed by atoms with Gasteiger partial charge in [-0.2, -0.15) is 0 Å². The second-order valence-corrected chi connectivity index (χ2v) is 9.10. The molecule has 30 heavy (non-hydrogen) atoms. The molecule has 2 aliphatic heterocycles. The molecule has 0 saturated carbocycles. The molecule has 0 radical (unpaired) electrons. The molecule has 7 nitrogen and oxygen atoms in total. The highest BCUT2D eigenvalue weighted by molar-refractivity contribution is 6.01. The number of benzene rings is 1. The van der Waals surface area contributed by atoms with Gasteiger partial charge in [0.05, 0.1) is 6.04 Å². The molecule has 0 spiro atoms. The first kappa shape index (κ1) is 21.9. The fraction of sp³-hybridized carbons (Fsp3) is 0.522. The average Bonchev–Trinajstić information content (AvgIpc) is 2.62. The molecule has 2 aliphatic rings. The van der Waals surface area contributed by atoms with Crippen molar-refractivity contribution in [3.8, 4) is 0 Å². The molecule has 1 unspecified atom stereocenters. The third-order valence-corrected chi connectivity index (χ3v) is 5.31. The molecule has 3 atom stereocenters. The van der Waals surface area contributed by atoms with Gasteiger partial charge in [-0.05, 0) is 70.7 Å². The van der Waals surface area contributed by atoms with Crippen LogP contribution >= 0.6 is 0 Å². The van der Waals surface area contributed by atoms with Crippen LogP contribution in [0.15, 0.2) is 30.3 Å². The molecule has 2 N–H and O–H groups in total. The highest BCUT2D eigenvalue weighted by Crippen LogP contribution is 2.31. The molecular weight excluding hydrogens is 382 g/mol. The molecule has 1 fully saturated rings. The molecule has 1 saturated heterocycles. The van der Waals surface area contributed by atoms with E-state index in [9.17, 15) is 14.4 Å². The van der Waals surface area contributed by atoms with Crippen molar-refractivity contribution in [2.24, 2.45) is 0 Å². The summed E-state index contributed by atoms with van der Waals surface area (Å²) in [5.41, 5.74) is 2.58. The average molecular weight is 414 g/mol. The lowest BCUT2D eigenvalue weighted by Gasteiger charge is -2.38. The molecule has 3 rings (SSSR count). The van der Waals surface area contributed by atoms with E-state index in [4.69, 9.17) is 4.74 Å². The molecular formula is C23H31N3O4. The summed E-state index contributed by atoms with van der Waals surface area (Å²) in [4.78, 5) is 37.6. The fourth-order valence-corrected chi connectivity index (χ4v) is 3.95. The maximum Gasteiger partial charge on any atom is 0.411 e. The first-order chi connectivity index (χ1) is 14.0. The van der Waals surface area contributed by atoms with Crippen LogP contribution in [0.4, 0.5) is 10.5 Å². The Bertz CT molecular complexity index is 854. The van der Waals surface area contributed by atoms with E-state index >= 15 is 0 Å². The maximum absolute atomic E-state index is 12.6. The van der Waals surface area contributed by atoms with E-state index < -0.39 is 11.6 Å². The number of piperidine rings is 1. The van der Waals surface area contributed by atoms with Gasteiger partial charge < -0.3 is 10.1 Å². The van der Waals surface area contributed by atoms with Crippen molar-refractivity contribution in [3.63, 3.8) is 0 Å². The van der Waals surface area contributed by atoms with Crippen molar-refractivity contribution >= 4 is 29.2 Å². The summed E-state index contributed by atoms with van der Waals surface area (Å²) in [7, 11) is 0. The molecule has 0 bridgehead atoms. The molecule has 7 heteroatoms. The van der Waals surface area contributed by atoms with Crippen molar-refractivity contribution in [2.75, 3.05) is 5.32 Å². The van der Waals surface area contributed by atoms with Crippen LogP contribution in [0.3, 0.4) is 0 Å². The monoisotopic (exact) mass is 413 g/mol. The quantitative estimate of drug-likeness (QED) is 0.738. The summed E-state index contributed by atoms with van der Waals surface area (Å²) >= 11 is 0. The summed E-state index contributed by atoms with van der Waals surface area (Å²) in [5, 5.41) is 5.55. The van der Waals surface area contributed by atoms with Crippen LogP contribution in [0.1, 0.15) is 59.4 Å². The van der Waals surface area contributed by atoms with E-state index in [1.54, 1.807) is 4.90 Å². The number of amides is 3. The minimum Gasteiger partial charge on any atom is -0.444 e. The number of nitrogens with zero attached hydrogens (tertiary/aromatic N) is 1. The number of anilines is 1. The number of nitrogens with one attached hydrogen (secondary N) is 2. The predicted molar refractivity (Wildman–Crippen MR) is 116 cm³/mol. The topological polar surface area (TPSA) is 87.7 Å². The Labute approximate surface area is 177 Å². The molecule has 0 aromatic heterocycles. The van der Waals surface area contributed by atoms with E-state index in [1.807, 2.05) is 58.9 Å². The van der Waals surface area contributed by atoms with E-state index in [0.717, 1.165) is 17.7 Å². The Morgan fingerprint density at radius 2 is 1.83 bits per heavy atom. The van der Waals surface area contributed by atoms with Crippen LogP contribution in [-0.2, 0) is 14.3 Å². The van der Waals surface area contributed by atoms with E-state index in [-0.39, 0.29) is 30.0 Å². The lowest BCUT2D eigenvalue weighted by atomic mass is 9.92. The number of carbonyl (C=O) groups is 3. The normalized spacial score (nSPS) is 24.8. The molecule has 162 valence electrons. The van der Waals surface area contributed by atoms with Gasteiger partial charge in [0.25, 0.3) is 0 Å². The number of ether oxygens (including phenoxy) is 1. The standard InChI is InChI=1S/C23H31N3O4/c1-14-12-17(13-15(2)26(14)22(29)30-23(3,4)5)16-6-8-18(9-7-16)24-19-10-11-20(27)25-21(19)28/h6-9,12,14-15,19,24H,10-11,13H2,1-5H3,(H,25,27,28)/t14-,15+,19?/m1/s1. The first-order valence-electron chi connectivity index (χ1n) is 10.5. The summed E-state index contributed by atoms with van der Waals surface area (Å²) in [6, 6.07) is 7.47. The van der Waals surface area contributed by atoms with Crippen molar-refractivity contribution in [1.82, 2.24) is 10.2 Å². The Balaban J connectivity index is 1.68. The zero-order valence-electron chi connectivity index (χ0n) is 18.3. The third-order valence-electron chi connectivity index (χ3n) is 5.31. The Hall–Kier alpha value is -2.83. The summed E-state index contributed by atoms with van der Waals surface area (Å²) < 4.78 is 5.56. The smallest absolute Gasteiger partial charge is 0.411 e. The fourth-order valence-electron chi connectivity index (χ4n) is 3.95. The second kappa shape index (κ2) is 8.50. The zero-order chi connectivity index (χ0) is 22.1. The summed E-state index contributed by atoms with van der Waals surface area (Å²) in [6.45, 7) is 9.65. The van der Waals surface area contributed by atoms with Gasteiger partial charge in [0.15, 0.2) is 0 Å². The van der Waals surface area contributed by atoms with Gasteiger partial charge in [-0.1, -0.05) is 18.2 Å². The molecule has 1 aromatic carbocycles. The van der Waals surface area contributed by atoms with Crippen molar-refractivity contribution in [1.29, 1.82) is 0 Å². The molecule has 2 heterocycles. The minimum atomic E-state index is -0.522. The van der Waals surface area contributed by atoms with Gasteiger partial charge >= 0.3 is 6.09 Å². The van der Waals surface area contributed by atoms with E-state index in [2.05, 4.69) is 16.7 Å². The Morgan fingerprint density at radius 1 is 1.17 bits per heavy atom. The highest BCUT2D eigenvalue weighted by atomic mass is 16.6.